The Labute approximate surface area is 114 Å². The molecule has 1 aliphatic heterocycles. The first-order valence-corrected chi connectivity index (χ1v) is 6.42. The van der Waals surface area contributed by atoms with Crippen molar-refractivity contribution in [3.8, 4) is 6.01 Å². The van der Waals surface area contributed by atoms with Crippen LogP contribution in [0.4, 0.5) is 25.1 Å². The topological polar surface area (TPSA) is 63.2 Å². The molecule has 20 heavy (non-hydrogen) atoms. The average molecular weight is 291 g/mol. The van der Waals surface area contributed by atoms with Crippen molar-refractivity contribution in [3.05, 3.63) is 0 Å². The zero-order valence-electron chi connectivity index (χ0n) is 11.1. The van der Waals surface area contributed by atoms with E-state index in [9.17, 15) is 13.2 Å². The fraction of sp³-hybridized carbons (Fsp3) is 0.727. The monoisotopic (exact) mass is 291 g/mol. The lowest BCUT2D eigenvalue weighted by atomic mass is 10.4. The molecule has 0 saturated carbocycles. The molecule has 0 unspecified atom stereocenters. The van der Waals surface area contributed by atoms with Gasteiger partial charge < -0.3 is 15.0 Å². The molecule has 1 aliphatic rings. The predicted octanol–water partition coefficient (Wildman–Crippen LogP) is 1.84. The van der Waals surface area contributed by atoms with E-state index in [4.69, 9.17) is 0 Å². The van der Waals surface area contributed by atoms with Gasteiger partial charge in [-0.25, -0.2) is 0 Å². The van der Waals surface area contributed by atoms with Gasteiger partial charge in [0.25, 0.3) is 0 Å². The number of nitrogens with one attached hydrogen (secondary N) is 1. The molecule has 0 aromatic carbocycles. The predicted molar refractivity (Wildman–Crippen MR) is 67.0 cm³/mol. The van der Waals surface area contributed by atoms with Crippen LogP contribution in [0.2, 0.25) is 0 Å². The second-order valence-electron chi connectivity index (χ2n) is 4.37. The van der Waals surface area contributed by atoms with Gasteiger partial charge in [-0.2, -0.15) is 28.1 Å². The summed E-state index contributed by atoms with van der Waals surface area (Å²) in [6.07, 6.45) is -2.39. The van der Waals surface area contributed by atoms with E-state index in [-0.39, 0.29) is 12.0 Å². The Kier molecular flexibility index (Phi) is 4.46. The van der Waals surface area contributed by atoms with Gasteiger partial charge in [0.2, 0.25) is 11.9 Å². The molecule has 1 aromatic rings. The molecule has 9 heteroatoms. The molecular weight excluding hydrogens is 275 g/mol. The molecule has 0 bridgehead atoms. The summed E-state index contributed by atoms with van der Waals surface area (Å²) in [5.41, 5.74) is 0. The number of halogens is 3. The van der Waals surface area contributed by atoms with Crippen LogP contribution in [-0.4, -0.2) is 47.4 Å². The van der Waals surface area contributed by atoms with Gasteiger partial charge in [0, 0.05) is 19.6 Å². The molecule has 112 valence electrons. The van der Waals surface area contributed by atoms with E-state index in [2.05, 4.69) is 25.0 Å². The van der Waals surface area contributed by atoms with E-state index < -0.39 is 12.8 Å². The second-order valence-corrected chi connectivity index (χ2v) is 4.37. The van der Waals surface area contributed by atoms with Crippen molar-refractivity contribution in [3.63, 3.8) is 0 Å². The molecule has 1 fully saturated rings. The lowest BCUT2D eigenvalue weighted by molar-refractivity contribution is -0.154. The minimum Gasteiger partial charge on any atom is -0.454 e. The zero-order chi connectivity index (χ0) is 14.6. The average Bonchev–Trinajstić information content (AvgIpc) is 2.89. The maximum absolute atomic E-state index is 12.2. The molecular formula is C11H16F3N5O. The normalized spacial score (nSPS) is 15.5. The third kappa shape index (κ3) is 4.10. The van der Waals surface area contributed by atoms with E-state index in [0.29, 0.717) is 12.5 Å². The minimum absolute atomic E-state index is 0.224. The summed E-state index contributed by atoms with van der Waals surface area (Å²) in [6.45, 7) is 2.56. The Bertz CT molecular complexity index is 448. The molecule has 1 N–H and O–H groups in total. The van der Waals surface area contributed by atoms with Crippen LogP contribution in [0, 0.1) is 0 Å². The smallest absolute Gasteiger partial charge is 0.422 e. The fourth-order valence-corrected chi connectivity index (χ4v) is 1.85. The number of anilines is 2. The van der Waals surface area contributed by atoms with Crippen molar-refractivity contribution < 1.29 is 17.9 Å². The highest BCUT2D eigenvalue weighted by Crippen LogP contribution is 2.21. The van der Waals surface area contributed by atoms with E-state index in [1.807, 2.05) is 11.8 Å². The van der Waals surface area contributed by atoms with Gasteiger partial charge in [-0.15, -0.1) is 0 Å². The standard InChI is InChI=1S/C11H16F3N5O/c1-2-15-8-16-9(19-5-3-4-6-19)18-10(17-8)20-7-11(12,13)14/h2-7H2,1H3,(H,15,16,17,18). The first kappa shape index (κ1) is 14.6. The maximum atomic E-state index is 12.2. The number of ether oxygens (including phenoxy) is 1. The summed E-state index contributed by atoms with van der Waals surface area (Å²) in [7, 11) is 0. The first-order valence-electron chi connectivity index (χ1n) is 6.42. The summed E-state index contributed by atoms with van der Waals surface area (Å²) in [5.74, 6) is 0.576. The van der Waals surface area contributed by atoms with Crippen molar-refractivity contribution in [1.82, 2.24) is 15.0 Å². The zero-order valence-corrected chi connectivity index (χ0v) is 11.1. The fourth-order valence-electron chi connectivity index (χ4n) is 1.85. The van der Waals surface area contributed by atoms with Crippen LogP contribution >= 0.6 is 0 Å². The Morgan fingerprint density at radius 2 is 1.90 bits per heavy atom. The highest BCUT2D eigenvalue weighted by molar-refractivity contribution is 5.39. The Morgan fingerprint density at radius 1 is 1.20 bits per heavy atom. The first-order chi connectivity index (χ1) is 9.48. The summed E-state index contributed by atoms with van der Waals surface area (Å²) in [5, 5.41) is 2.86. The van der Waals surface area contributed by atoms with Gasteiger partial charge in [-0.1, -0.05) is 0 Å². The minimum atomic E-state index is -4.42. The number of nitrogens with zero attached hydrogens (tertiary/aromatic N) is 4. The van der Waals surface area contributed by atoms with Gasteiger partial charge in [0.1, 0.15) is 0 Å². The molecule has 0 amide bonds. The Hall–Kier alpha value is -1.80. The number of alkyl halides is 3. The van der Waals surface area contributed by atoms with E-state index in [1.165, 1.54) is 0 Å². The maximum Gasteiger partial charge on any atom is 0.422 e. The molecule has 1 saturated heterocycles. The van der Waals surface area contributed by atoms with E-state index in [0.717, 1.165) is 25.9 Å². The number of aromatic nitrogens is 3. The van der Waals surface area contributed by atoms with Gasteiger partial charge in [-0.3, -0.25) is 0 Å². The lowest BCUT2D eigenvalue weighted by Crippen LogP contribution is -2.24. The molecule has 0 aliphatic carbocycles. The molecule has 2 heterocycles. The molecule has 0 radical (unpaired) electrons. The molecule has 6 nitrogen and oxygen atoms in total. The second kappa shape index (κ2) is 6.10. The van der Waals surface area contributed by atoms with Crippen LogP contribution in [0.15, 0.2) is 0 Å². The number of hydrogen-bond donors (Lipinski definition) is 1. The summed E-state index contributed by atoms with van der Waals surface area (Å²) in [4.78, 5) is 13.8. The molecule has 0 spiro atoms. The largest absolute Gasteiger partial charge is 0.454 e. The Morgan fingerprint density at radius 3 is 2.50 bits per heavy atom. The highest BCUT2D eigenvalue weighted by Gasteiger charge is 2.29. The van der Waals surface area contributed by atoms with Gasteiger partial charge >= 0.3 is 12.2 Å². The third-order valence-electron chi connectivity index (χ3n) is 2.69. The summed E-state index contributed by atoms with van der Waals surface area (Å²) >= 11 is 0. The van der Waals surface area contributed by atoms with Gasteiger partial charge in [0.05, 0.1) is 0 Å². The number of rotatable bonds is 5. The van der Waals surface area contributed by atoms with Crippen LogP contribution in [0.1, 0.15) is 19.8 Å². The van der Waals surface area contributed by atoms with Crippen LogP contribution in [0.3, 0.4) is 0 Å². The summed E-state index contributed by atoms with van der Waals surface area (Å²) < 4.78 is 41.1. The lowest BCUT2D eigenvalue weighted by Gasteiger charge is -2.17. The van der Waals surface area contributed by atoms with Crippen LogP contribution in [0.5, 0.6) is 6.01 Å². The van der Waals surface area contributed by atoms with Crippen molar-refractivity contribution >= 4 is 11.9 Å². The Balaban J connectivity index is 2.16. The molecule has 2 rings (SSSR count). The van der Waals surface area contributed by atoms with Crippen molar-refractivity contribution in [2.45, 2.75) is 25.9 Å². The quantitative estimate of drug-likeness (QED) is 0.893. The molecule has 1 aromatic heterocycles. The van der Waals surface area contributed by atoms with Crippen LogP contribution in [-0.2, 0) is 0 Å². The van der Waals surface area contributed by atoms with Crippen LogP contribution < -0.4 is 15.0 Å². The van der Waals surface area contributed by atoms with Crippen molar-refractivity contribution in [2.24, 2.45) is 0 Å². The van der Waals surface area contributed by atoms with Crippen molar-refractivity contribution in [1.29, 1.82) is 0 Å². The van der Waals surface area contributed by atoms with E-state index in [1.54, 1.807) is 0 Å². The highest BCUT2D eigenvalue weighted by atomic mass is 19.4. The molecule has 0 atom stereocenters. The number of hydrogen-bond acceptors (Lipinski definition) is 6. The van der Waals surface area contributed by atoms with Gasteiger partial charge in [-0.05, 0) is 19.8 Å². The van der Waals surface area contributed by atoms with Gasteiger partial charge in [0.15, 0.2) is 6.61 Å². The van der Waals surface area contributed by atoms with E-state index >= 15 is 0 Å². The summed E-state index contributed by atoms with van der Waals surface area (Å²) in [6, 6.07) is -0.310. The third-order valence-corrected chi connectivity index (χ3v) is 2.69. The SMILES string of the molecule is CCNc1nc(OCC(F)(F)F)nc(N2CCCC2)n1. The van der Waals surface area contributed by atoms with Crippen LogP contribution in [0.25, 0.3) is 0 Å². The van der Waals surface area contributed by atoms with Crippen molar-refractivity contribution in [2.75, 3.05) is 36.5 Å².